The summed E-state index contributed by atoms with van der Waals surface area (Å²) in [7, 11) is 3.58. The Bertz CT molecular complexity index is 91.6. The van der Waals surface area contributed by atoms with Gasteiger partial charge in [-0.1, -0.05) is 0 Å². The van der Waals surface area contributed by atoms with E-state index in [1.807, 2.05) is 20.9 Å². The van der Waals surface area contributed by atoms with Crippen LogP contribution in [0, 0.1) is 0 Å². The van der Waals surface area contributed by atoms with E-state index in [-0.39, 0.29) is 11.6 Å². The Labute approximate surface area is 62.9 Å². The van der Waals surface area contributed by atoms with Crippen molar-refractivity contribution < 1.29 is 4.74 Å². The lowest BCUT2D eigenvalue weighted by Crippen LogP contribution is -2.55. The first-order valence-corrected chi connectivity index (χ1v) is 3.52. The smallest absolute Gasteiger partial charge is 0.0734 e. The van der Waals surface area contributed by atoms with Crippen molar-refractivity contribution in [1.82, 2.24) is 5.32 Å². The SMILES string of the molecule is CNC(C)(CN)C(C)OC. The normalized spacial score (nSPS) is 20.1. The highest BCUT2D eigenvalue weighted by Crippen LogP contribution is 2.09. The van der Waals surface area contributed by atoms with Crippen molar-refractivity contribution in [1.29, 1.82) is 0 Å². The molecule has 0 rings (SSSR count). The number of rotatable bonds is 4. The molecule has 0 bridgehead atoms. The van der Waals surface area contributed by atoms with Gasteiger partial charge in [-0.05, 0) is 20.9 Å². The molecular weight excluding hydrogens is 128 g/mol. The topological polar surface area (TPSA) is 47.3 Å². The lowest BCUT2D eigenvalue weighted by atomic mass is 9.96. The molecule has 0 aromatic carbocycles. The second kappa shape index (κ2) is 3.91. The molecule has 3 N–H and O–H groups in total. The van der Waals surface area contributed by atoms with Gasteiger partial charge in [-0.2, -0.15) is 0 Å². The molecule has 0 aliphatic carbocycles. The molecular formula is C7H18N2O. The summed E-state index contributed by atoms with van der Waals surface area (Å²) in [5, 5.41) is 3.13. The van der Waals surface area contributed by atoms with Crippen LogP contribution in [0.15, 0.2) is 0 Å². The zero-order valence-electron chi connectivity index (χ0n) is 7.27. The summed E-state index contributed by atoms with van der Waals surface area (Å²) in [6.07, 6.45) is 0.141. The number of hydrogen-bond donors (Lipinski definition) is 2. The van der Waals surface area contributed by atoms with Crippen LogP contribution in [0.25, 0.3) is 0 Å². The average molecular weight is 146 g/mol. The van der Waals surface area contributed by atoms with E-state index in [0.29, 0.717) is 6.54 Å². The Balaban J connectivity index is 4.02. The van der Waals surface area contributed by atoms with Crippen molar-refractivity contribution in [2.45, 2.75) is 25.5 Å². The molecule has 0 fully saturated rings. The summed E-state index contributed by atoms with van der Waals surface area (Å²) in [5.41, 5.74) is 5.45. The molecule has 0 aliphatic rings. The Kier molecular flexibility index (Phi) is 3.86. The molecule has 0 heterocycles. The van der Waals surface area contributed by atoms with Gasteiger partial charge in [0.15, 0.2) is 0 Å². The van der Waals surface area contributed by atoms with E-state index in [1.165, 1.54) is 0 Å². The molecule has 2 atom stereocenters. The third kappa shape index (κ3) is 1.94. The largest absolute Gasteiger partial charge is 0.380 e. The first kappa shape index (κ1) is 9.88. The zero-order chi connectivity index (χ0) is 8.20. The fraction of sp³-hybridized carbons (Fsp3) is 1.00. The minimum atomic E-state index is -0.102. The van der Waals surface area contributed by atoms with Crippen LogP contribution in [0.1, 0.15) is 13.8 Å². The minimum absolute atomic E-state index is 0.102. The van der Waals surface area contributed by atoms with Gasteiger partial charge < -0.3 is 15.8 Å². The second-order valence-electron chi connectivity index (χ2n) is 2.75. The van der Waals surface area contributed by atoms with E-state index in [0.717, 1.165) is 0 Å². The van der Waals surface area contributed by atoms with Crippen LogP contribution >= 0.6 is 0 Å². The van der Waals surface area contributed by atoms with Gasteiger partial charge in [0.1, 0.15) is 0 Å². The molecule has 62 valence electrons. The first-order chi connectivity index (χ1) is 4.60. The third-order valence-electron chi connectivity index (χ3n) is 2.25. The second-order valence-corrected chi connectivity index (χ2v) is 2.75. The van der Waals surface area contributed by atoms with E-state index in [1.54, 1.807) is 7.11 Å². The summed E-state index contributed by atoms with van der Waals surface area (Å²) in [6, 6.07) is 0. The van der Waals surface area contributed by atoms with Crippen molar-refractivity contribution in [3.8, 4) is 0 Å². The van der Waals surface area contributed by atoms with Gasteiger partial charge in [0.05, 0.1) is 11.6 Å². The molecule has 0 aromatic rings. The van der Waals surface area contributed by atoms with Crippen LogP contribution in [0.3, 0.4) is 0 Å². The van der Waals surface area contributed by atoms with Crippen LogP contribution in [0.2, 0.25) is 0 Å². The summed E-state index contributed by atoms with van der Waals surface area (Å²) in [5.74, 6) is 0. The van der Waals surface area contributed by atoms with Crippen LogP contribution in [-0.2, 0) is 4.74 Å². The van der Waals surface area contributed by atoms with Gasteiger partial charge >= 0.3 is 0 Å². The molecule has 2 unspecified atom stereocenters. The maximum Gasteiger partial charge on any atom is 0.0734 e. The van der Waals surface area contributed by atoms with Crippen LogP contribution in [0.5, 0.6) is 0 Å². The molecule has 3 nitrogen and oxygen atoms in total. The van der Waals surface area contributed by atoms with Crippen LogP contribution < -0.4 is 11.1 Å². The van der Waals surface area contributed by atoms with Crippen LogP contribution in [0.4, 0.5) is 0 Å². The van der Waals surface area contributed by atoms with Gasteiger partial charge in [-0.15, -0.1) is 0 Å². The lowest BCUT2D eigenvalue weighted by Gasteiger charge is -2.32. The highest BCUT2D eigenvalue weighted by Gasteiger charge is 2.27. The van der Waals surface area contributed by atoms with E-state index in [9.17, 15) is 0 Å². The monoisotopic (exact) mass is 146 g/mol. The third-order valence-corrected chi connectivity index (χ3v) is 2.25. The van der Waals surface area contributed by atoms with Crippen molar-refractivity contribution >= 4 is 0 Å². The Morgan fingerprint density at radius 2 is 2.20 bits per heavy atom. The number of hydrogen-bond acceptors (Lipinski definition) is 3. The molecule has 0 saturated carbocycles. The Morgan fingerprint density at radius 3 is 2.30 bits per heavy atom. The zero-order valence-corrected chi connectivity index (χ0v) is 7.27. The Morgan fingerprint density at radius 1 is 1.70 bits per heavy atom. The molecule has 0 radical (unpaired) electrons. The fourth-order valence-corrected chi connectivity index (χ4v) is 0.731. The molecule has 3 heteroatoms. The van der Waals surface area contributed by atoms with E-state index in [4.69, 9.17) is 10.5 Å². The molecule has 0 aromatic heterocycles. The minimum Gasteiger partial charge on any atom is -0.380 e. The van der Waals surface area contributed by atoms with E-state index >= 15 is 0 Å². The number of methoxy groups -OCH3 is 1. The Hall–Kier alpha value is -0.120. The van der Waals surface area contributed by atoms with Crippen molar-refractivity contribution in [2.75, 3.05) is 20.7 Å². The molecule has 10 heavy (non-hydrogen) atoms. The highest BCUT2D eigenvalue weighted by atomic mass is 16.5. The lowest BCUT2D eigenvalue weighted by molar-refractivity contribution is 0.0458. The maximum atomic E-state index is 5.55. The van der Waals surface area contributed by atoms with Gasteiger partial charge in [0, 0.05) is 13.7 Å². The summed E-state index contributed by atoms with van der Waals surface area (Å²) < 4.78 is 5.15. The number of nitrogens with one attached hydrogen (secondary N) is 1. The summed E-state index contributed by atoms with van der Waals surface area (Å²) in [6.45, 7) is 4.63. The molecule has 0 amide bonds. The standard InChI is InChI=1S/C7H18N2O/c1-6(10-4)7(2,5-8)9-3/h6,9H,5,8H2,1-4H3. The average Bonchev–Trinajstić information content (AvgIpc) is 2.01. The molecule has 0 spiro atoms. The van der Waals surface area contributed by atoms with Crippen LogP contribution in [-0.4, -0.2) is 32.3 Å². The van der Waals surface area contributed by atoms with Gasteiger partial charge in [-0.3, -0.25) is 0 Å². The predicted octanol–water partition coefficient (Wildman–Crippen LogP) is -0.0419. The molecule has 0 saturated heterocycles. The van der Waals surface area contributed by atoms with Crippen molar-refractivity contribution in [2.24, 2.45) is 5.73 Å². The van der Waals surface area contributed by atoms with E-state index in [2.05, 4.69) is 5.32 Å². The summed E-state index contributed by atoms with van der Waals surface area (Å²) in [4.78, 5) is 0. The number of likely N-dealkylation sites (N-methyl/N-ethyl adjacent to an activating group) is 1. The van der Waals surface area contributed by atoms with Crippen molar-refractivity contribution in [3.05, 3.63) is 0 Å². The van der Waals surface area contributed by atoms with Crippen molar-refractivity contribution in [3.63, 3.8) is 0 Å². The summed E-state index contributed by atoms with van der Waals surface area (Å²) >= 11 is 0. The highest BCUT2D eigenvalue weighted by molar-refractivity contribution is 4.88. The van der Waals surface area contributed by atoms with E-state index < -0.39 is 0 Å². The quantitative estimate of drug-likeness (QED) is 0.585. The number of nitrogens with two attached hydrogens (primary N) is 1. The predicted molar refractivity (Wildman–Crippen MR) is 43.0 cm³/mol. The van der Waals surface area contributed by atoms with Gasteiger partial charge in [-0.25, -0.2) is 0 Å². The van der Waals surface area contributed by atoms with Gasteiger partial charge in [0.25, 0.3) is 0 Å². The van der Waals surface area contributed by atoms with Gasteiger partial charge in [0.2, 0.25) is 0 Å². The molecule has 0 aliphatic heterocycles. The number of ether oxygens (including phenoxy) is 1. The maximum absolute atomic E-state index is 5.55. The first-order valence-electron chi connectivity index (χ1n) is 3.52. The fourth-order valence-electron chi connectivity index (χ4n) is 0.731.